The first-order valence-corrected chi connectivity index (χ1v) is 16.0. The summed E-state index contributed by atoms with van der Waals surface area (Å²) in [6.45, 7) is 20.0. The van der Waals surface area contributed by atoms with Gasteiger partial charge in [0, 0.05) is 0 Å². The Morgan fingerprint density at radius 1 is 0.897 bits per heavy atom. The van der Waals surface area contributed by atoms with Crippen molar-refractivity contribution in [2.75, 3.05) is 26.4 Å². The Balaban J connectivity index is 3.36. The Kier molecular flexibility index (Phi) is 10.6. The second-order valence-corrected chi connectivity index (χ2v) is 16.6. The SMILES string of the molecule is CCOC1=N[C@H](C(C)C)C(OCC)=N[C@H]1C[C@H]([Si](C)(C)C)P(=O)(OCC)OCC. The molecule has 170 valence electrons. The summed E-state index contributed by atoms with van der Waals surface area (Å²) in [7, 11) is -5.24. The molecule has 0 aromatic rings. The van der Waals surface area contributed by atoms with Gasteiger partial charge in [-0.05, 0) is 40.0 Å². The van der Waals surface area contributed by atoms with Crippen molar-refractivity contribution in [3.05, 3.63) is 0 Å². The van der Waals surface area contributed by atoms with Crippen molar-refractivity contribution in [2.24, 2.45) is 15.9 Å². The number of hydrogen-bond acceptors (Lipinski definition) is 7. The van der Waals surface area contributed by atoms with Crippen molar-refractivity contribution in [3.8, 4) is 0 Å². The maximum atomic E-state index is 13.7. The van der Waals surface area contributed by atoms with Gasteiger partial charge in [-0.15, -0.1) is 0 Å². The first kappa shape index (κ1) is 26.3. The molecule has 7 nitrogen and oxygen atoms in total. The third-order valence-electron chi connectivity index (χ3n) is 4.75. The first-order valence-electron chi connectivity index (χ1n) is 10.8. The third kappa shape index (κ3) is 7.19. The maximum absolute atomic E-state index is 13.7. The second kappa shape index (κ2) is 11.6. The molecule has 0 aromatic heterocycles. The van der Waals surface area contributed by atoms with Gasteiger partial charge in [0.15, 0.2) is 0 Å². The minimum absolute atomic E-state index is 0.163. The molecule has 0 aliphatic carbocycles. The van der Waals surface area contributed by atoms with Gasteiger partial charge in [-0.1, -0.05) is 33.5 Å². The van der Waals surface area contributed by atoms with Crippen LogP contribution in [0.15, 0.2) is 9.98 Å². The lowest BCUT2D eigenvalue weighted by Crippen LogP contribution is -2.45. The van der Waals surface area contributed by atoms with E-state index in [4.69, 9.17) is 28.5 Å². The van der Waals surface area contributed by atoms with Crippen LogP contribution in [-0.4, -0.2) is 63.7 Å². The maximum Gasteiger partial charge on any atom is 0.331 e. The molecule has 0 N–H and O–H groups in total. The van der Waals surface area contributed by atoms with E-state index in [1.807, 2.05) is 27.7 Å². The first-order chi connectivity index (χ1) is 13.5. The molecule has 1 rings (SSSR count). The van der Waals surface area contributed by atoms with Gasteiger partial charge in [-0.25, -0.2) is 9.98 Å². The molecule has 29 heavy (non-hydrogen) atoms. The quantitative estimate of drug-likeness (QED) is 0.322. The van der Waals surface area contributed by atoms with E-state index in [1.54, 1.807) is 0 Å². The molecule has 0 unspecified atom stereocenters. The summed E-state index contributed by atoms with van der Waals surface area (Å²) < 4.78 is 36.9. The fourth-order valence-electron chi connectivity index (χ4n) is 3.45. The summed E-state index contributed by atoms with van der Waals surface area (Å²) in [4.78, 5) is 9.73. The summed E-state index contributed by atoms with van der Waals surface area (Å²) in [6, 6.07) is -0.513. The van der Waals surface area contributed by atoms with Crippen LogP contribution < -0.4 is 0 Å². The molecule has 9 heteroatoms. The zero-order valence-corrected chi connectivity index (χ0v) is 21.6. The van der Waals surface area contributed by atoms with Crippen LogP contribution in [0.5, 0.6) is 0 Å². The van der Waals surface area contributed by atoms with Gasteiger partial charge in [-0.3, -0.25) is 4.57 Å². The normalized spacial score (nSPS) is 21.6. The molecular formula is C20H41N2O5PSi. The van der Waals surface area contributed by atoms with Gasteiger partial charge < -0.3 is 18.5 Å². The molecule has 0 bridgehead atoms. The van der Waals surface area contributed by atoms with Gasteiger partial charge in [0.25, 0.3) is 0 Å². The van der Waals surface area contributed by atoms with E-state index in [-0.39, 0.29) is 23.3 Å². The van der Waals surface area contributed by atoms with Crippen molar-refractivity contribution < 1.29 is 23.1 Å². The van der Waals surface area contributed by atoms with Gasteiger partial charge in [-0.2, -0.15) is 0 Å². The topological polar surface area (TPSA) is 78.7 Å². The van der Waals surface area contributed by atoms with Crippen molar-refractivity contribution in [3.63, 3.8) is 0 Å². The van der Waals surface area contributed by atoms with E-state index in [0.717, 1.165) is 0 Å². The highest BCUT2D eigenvalue weighted by atomic mass is 31.2. The molecule has 1 aliphatic heterocycles. The molecule has 1 aliphatic rings. The van der Waals surface area contributed by atoms with Crippen LogP contribution in [0.1, 0.15) is 48.0 Å². The smallest absolute Gasteiger partial charge is 0.331 e. The van der Waals surface area contributed by atoms with Gasteiger partial charge in [0.1, 0.15) is 12.1 Å². The molecule has 3 atom stereocenters. The molecule has 0 spiro atoms. The monoisotopic (exact) mass is 448 g/mol. The minimum atomic E-state index is -3.29. The minimum Gasteiger partial charge on any atom is -0.480 e. The Morgan fingerprint density at radius 3 is 1.83 bits per heavy atom. The van der Waals surface area contributed by atoms with Crippen LogP contribution in [0.4, 0.5) is 0 Å². The Morgan fingerprint density at radius 2 is 1.41 bits per heavy atom. The molecule has 1 heterocycles. The number of nitrogens with zero attached hydrogens (tertiary/aromatic N) is 2. The summed E-state index contributed by atoms with van der Waals surface area (Å²) >= 11 is 0. The fraction of sp³-hybridized carbons (Fsp3) is 0.900. The van der Waals surface area contributed by atoms with Crippen LogP contribution in [-0.2, 0) is 23.1 Å². The number of ether oxygens (including phenoxy) is 2. The predicted molar refractivity (Wildman–Crippen MR) is 123 cm³/mol. The molecule has 0 aromatic carbocycles. The Hall–Kier alpha value is -0.693. The van der Waals surface area contributed by atoms with Gasteiger partial charge in [0.2, 0.25) is 11.8 Å². The van der Waals surface area contributed by atoms with Crippen LogP contribution in [0, 0.1) is 5.92 Å². The standard InChI is InChI=1S/C20H41N2O5PSi/c1-10-24-19-16(21-20(25-11-2)18(22-19)15(5)6)14-17(29(7,8)9)28(23,26-12-3)27-13-4/h15-18H,10-14H2,1-9H3/t16-,17-,18+/m0/s1. The largest absolute Gasteiger partial charge is 0.480 e. The van der Waals surface area contributed by atoms with Crippen molar-refractivity contribution in [2.45, 2.75) is 85.0 Å². The molecule has 0 amide bonds. The molecular weight excluding hydrogens is 407 g/mol. The summed E-state index contributed by atoms with van der Waals surface area (Å²) in [6.07, 6.45) is 0.507. The second-order valence-electron chi connectivity index (χ2n) is 8.50. The van der Waals surface area contributed by atoms with Crippen molar-refractivity contribution in [1.29, 1.82) is 0 Å². The lowest BCUT2D eigenvalue weighted by molar-refractivity contribution is 0.215. The van der Waals surface area contributed by atoms with E-state index in [2.05, 4.69) is 33.5 Å². The van der Waals surface area contributed by atoms with E-state index in [1.165, 1.54) is 0 Å². The molecule has 0 saturated heterocycles. The van der Waals surface area contributed by atoms with Crippen LogP contribution >= 0.6 is 7.60 Å². The number of rotatable bonds is 11. The molecule has 0 fully saturated rings. The van der Waals surface area contributed by atoms with Gasteiger partial charge >= 0.3 is 7.60 Å². The average molecular weight is 449 g/mol. The fourth-order valence-corrected chi connectivity index (χ4v) is 10.2. The van der Waals surface area contributed by atoms with E-state index in [9.17, 15) is 4.57 Å². The van der Waals surface area contributed by atoms with E-state index >= 15 is 0 Å². The molecule has 0 saturated carbocycles. The third-order valence-corrected chi connectivity index (χ3v) is 12.5. The lowest BCUT2D eigenvalue weighted by Gasteiger charge is -2.37. The zero-order valence-electron chi connectivity index (χ0n) is 19.7. The zero-order chi connectivity index (χ0) is 22.2. The Bertz CT molecular complexity index is 608. The Labute approximate surface area is 178 Å². The van der Waals surface area contributed by atoms with Crippen LogP contribution in [0.2, 0.25) is 19.6 Å². The number of hydrogen-bond donors (Lipinski definition) is 0. The summed E-state index contributed by atoms with van der Waals surface area (Å²) in [5.74, 6) is 1.47. The van der Waals surface area contributed by atoms with Crippen LogP contribution in [0.25, 0.3) is 0 Å². The predicted octanol–water partition coefficient (Wildman–Crippen LogP) is 5.17. The van der Waals surface area contributed by atoms with E-state index in [0.29, 0.717) is 44.6 Å². The highest BCUT2D eigenvalue weighted by Crippen LogP contribution is 2.57. The number of aliphatic imine (C=N–C) groups is 2. The van der Waals surface area contributed by atoms with Crippen LogP contribution in [0.3, 0.4) is 0 Å². The van der Waals surface area contributed by atoms with Crippen molar-refractivity contribution >= 4 is 27.5 Å². The average Bonchev–Trinajstić information content (AvgIpc) is 2.60. The lowest BCUT2D eigenvalue weighted by atomic mass is 10.0. The van der Waals surface area contributed by atoms with Gasteiger partial charge in [0.05, 0.1) is 39.8 Å². The summed E-state index contributed by atoms with van der Waals surface area (Å²) in [5.41, 5.74) is 0. The molecule has 0 radical (unpaired) electrons. The summed E-state index contributed by atoms with van der Waals surface area (Å²) in [5, 5.41) is -0.229. The van der Waals surface area contributed by atoms with Crippen molar-refractivity contribution in [1.82, 2.24) is 0 Å². The highest BCUT2D eigenvalue weighted by molar-refractivity contribution is 7.58. The van der Waals surface area contributed by atoms with E-state index < -0.39 is 15.7 Å². The highest BCUT2D eigenvalue weighted by Gasteiger charge is 2.47.